The summed E-state index contributed by atoms with van der Waals surface area (Å²) in [6, 6.07) is 9.97. The van der Waals surface area contributed by atoms with Crippen LogP contribution >= 0.6 is 0 Å². The summed E-state index contributed by atoms with van der Waals surface area (Å²) in [6.07, 6.45) is 2.88. The molecule has 2 nitrogen and oxygen atoms in total. The number of ketones is 1. The van der Waals surface area contributed by atoms with E-state index in [4.69, 9.17) is 4.74 Å². The Balaban J connectivity index is 2.02. The van der Waals surface area contributed by atoms with Crippen LogP contribution in [0.1, 0.15) is 31.7 Å². The van der Waals surface area contributed by atoms with Gasteiger partial charge in [0.05, 0.1) is 12.2 Å². The van der Waals surface area contributed by atoms with Crippen molar-refractivity contribution in [1.29, 1.82) is 0 Å². The van der Waals surface area contributed by atoms with E-state index in [0.717, 1.165) is 24.0 Å². The lowest BCUT2D eigenvalue weighted by atomic mass is 9.95. The molecule has 1 aromatic carbocycles. The van der Waals surface area contributed by atoms with Gasteiger partial charge in [0.2, 0.25) is 0 Å². The Labute approximate surface area is 101 Å². The number of carbonyl (C=O) groups excluding carboxylic acids is 1. The minimum absolute atomic E-state index is 0.0430. The zero-order chi connectivity index (χ0) is 11.8. The van der Waals surface area contributed by atoms with Crippen LogP contribution in [0.25, 0.3) is 5.57 Å². The second kappa shape index (κ2) is 4.11. The minimum Gasteiger partial charge on any atom is -0.370 e. The topological polar surface area (TPSA) is 26.3 Å². The van der Waals surface area contributed by atoms with Gasteiger partial charge in [-0.1, -0.05) is 30.3 Å². The molecule has 2 heteroatoms. The van der Waals surface area contributed by atoms with Crippen LogP contribution < -0.4 is 0 Å². The molecule has 1 aliphatic carbocycles. The lowest BCUT2D eigenvalue weighted by Crippen LogP contribution is -2.25. The van der Waals surface area contributed by atoms with Gasteiger partial charge in [-0.15, -0.1) is 0 Å². The van der Waals surface area contributed by atoms with Crippen molar-refractivity contribution in [2.24, 2.45) is 0 Å². The van der Waals surface area contributed by atoms with E-state index in [1.165, 1.54) is 5.57 Å². The molecule has 3 rings (SSSR count). The van der Waals surface area contributed by atoms with Gasteiger partial charge in [0.25, 0.3) is 0 Å². The molecule has 2 atom stereocenters. The molecule has 0 spiro atoms. The van der Waals surface area contributed by atoms with Crippen molar-refractivity contribution in [2.75, 3.05) is 0 Å². The van der Waals surface area contributed by atoms with E-state index in [9.17, 15) is 4.79 Å². The molecule has 1 saturated heterocycles. The van der Waals surface area contributed by atoms with Crippen molar-refractivity contribution in [1.82, 2.24) is 0 Å². The van der Waals surface area contributed by atoms with Gasteiger partial charge < -0.3 is 4.74 Å². The maximum atomic E-state index is 12.1. The molecule has 1 aliphatic heterocycles. The highest BCUT2D eigenvalue weighted by molar-refractivity contribution is 6.24. The number of fused-ring (bicyclic) bond motifs is 1. The van der Waals surface area contributed by atoms with Gasteiger partial charge in [-0.3, -0.25) is 4.79 Å². The van der Waals surface area contributed by atoms with E-state index in [1.807, 2.05) is 30.3 Å². The summed E-state index contributed by atoms with van der Waals surface area (Å²) in [7, 11) is 0. The first-order chi connectivity index (χ1) is 8.25. The zero-order valence-electron chi connectivity index (χ0n) is 9.98. The molecule has 0 aromatic heterocycles. The average Bonchev–Trinajstić information content (AvgIpc) is 2.65. The molecule has 17 heavy (non-hydrogen) atoms. The fourth-order valence-corrected chi connectivity index (χ4v) is 2.81. The molecule has 1 fully saturated rings. The van der Waals surface area contributed by atoms with Gasteiger partial charge in [0.1, 0.15) is 0 Å². The Morgan fingerprint density at radius 3 is 2.76 bits per heavy atom. The first kappa shape index (κ1) is 10.7. The van der Waals surface area contributed by atoms with Crippen molar-refractivity contribution in [3.8, 4) is 0 Å². The van der Waals surface area contributed by atoms with E-state index in [0.29, 0.717) is 6.42 Å². The highest BCUT2D eigenvalue weighted by atomic mass is 16.5. The molecule has 0 radical (unpaired) electrons. The van der Waals surface area contributed by atoms with E-state index in [1.54, 1.807) is 0 Å². The second-order valence-corrected chi connectivity index (χ2v) is 4.87. The average molecular weight is 228 g/mol. The van der Waals surface area contributed by atoms with Crippen LogP contribution in [-0.2, 0) is 9.53 Å². The number of hydrogen-bond donors (Lipinski definition) is 0. The number of hydrogen-bond acceptors (Lipinski definition) is 2. The summed E-state index contributed by atoms with van der Waals surface area (Å²) in [5, 5.41) is 0. The van der Waals surface area contributed by atoms with E-state index >= 15 is 0 Å². The Bertz CT molecular complexity index is 473. The molecule has 0 N–H and O–H groups in total. The number of rotatable bonds is 1. The Morgan fingerprint density at radius 2 is 2.00 bits per heavy atom. The van der Waals surface area contributed by atoms with Crippen LogP contribution in [0.3, 0.4) is 0 Å². The van der Waals surface area contributed by atoms with Crippen molar-refractivity contribution in [2.45, 2.75) is 38.4 Å². The summed E-state index contributed by atoms with van der Waals surface area (Å²) in [5.41, 5.74) is 3.19. The van der Waals surface area contributed by atoms with Crippen molar-refractivity contribution >= 4 is 11.4 Å². The third kappa shape index (κ3) is 1.83. The number of benzene rings is 1. The first-order valence-electron chi connectivity index (χ1n) is 6.23. The molecule has 1 heterocycles. The van der Waals surface area contributed by atoms with Gasteiger partial charge in [-0.05, 0) is 30.9 Å². The van der Waals surface area contributed by atoms with Crippen LogP contribution in [0.2, 0.25) is 0 Å². The van der Waals surface area contributed by atoms with Crippen LogP contribution in [-0.4, -0.2) is 18.0 Å². The predicted octanol–water partition coefficient (Wildman–Crippen LogP) is 2.98. The Morgan fingerprint density at radius 1 is 1.24 bits per heavy atom. The maximum absolute atomic E-state index is 12.1. The van der Waals surface area contributed by atoms with Crippen LogP contribution in [0.5, 0.6) is 0 Å². The fourth-order valence-electron chi connectivity index (χ4n) is 2.81. The van der Waals surface area contributed by atoms with E-state index in [2.05, 4.69) is 6.92 Å². The minimum atomic E-state index is 0.0430. The molecular weight excluding hydrogens is 212 g/mol. The predicted molar refractivity (Wildman–Crippen MR) is 66.6 cm³/mol. The van der Waals surface area contributed by atoms with Gasteiger partial charge >= 0.3 is 0 Å². The molecule has 0 amide bonds. The third-order valence-corrected chi connectivity index (χ3v) is 3.64. The fraction of sp³-hybridized carbons (Fsp3) is 0.400. The molecule has 0 unspecified atom stereocenters. The van der Waals surface area contributed by atoms with Gasteiger partial charge in [-0.25, -0.2) is 0 Å². The lowest BCUT2D eigenvalue weighted by molar-refractivity contribution is -0.115. The molecule has 2 aliphatic rings. The molecule has 88 valence electrons. The van der Waals surface area contributed by atoms with E-state index < -0.39 is 0 Å². The smallest absolute Gasteiger partial charge is 0.166 e. The van der Waals surface area contributed by atoms with Gasteiger partial charge in [-0.2, -0.15) is 0 Å². The third-order valence-electron chi connectivity index (χ3n) is 3.64. The summed E-state index contributed by atoms with van der Waals surface area (Å²) in [4.78, 5) is 12.1. The summed E-state index contributed by atoms with van der Waals surface area (Å²) >= 11 is 0. The molecule has 0 bridgehead atoms. The number of carbonyl (C=O) groups is 1. The highest BCUT2D eigenvalue weighted by Gasteiger charge is 2.36. The van der Waals surface area contributed by atoms with Crippen LogP contribution in [0.15, 0.2) is 35.9 Å². The summed E-state index contributed by atoms with van der Waals surface area (Å²) in [5.74, 6) is 0.241. The normalized spacial score (nSPS) is 28.4. The van der Waals surface area contributed by atoms with Gasteiger partial charge in [0.15, 0.2) is 5.78 Å². The Kier molecular flexibility index (Phi) is 2.60. The van der Waals surface area contributed by atoms with Crippen molar-refractivity contribution in [3.63, 3.8) is 0 Å². The molecule has 1 aromatic rings. The number of ether oxygens (including phenoxy) is 1. The lowest BCUT2D eigenvalue weighted by Gasteiger charge is -2.27. The van der Waals surface area contributed by atoms with Crippen molar-refractivity contribution < 1.29 is 9.53 Å². The summed E-state index contributed by atoms with van der Waals surface area (Å²) < 4.78 is 5.85. The largest absolute Gasteiger partial charge is 0.370 e. The Hall–Kier alpha value is -1.41. The van der Waals surface area contributed by atoms with Crippen molar-refractivity contribution in [3.05, 3.63) is 41.5 Å². The molecular formula is C15H16O2. The van der Waals surface area contributed by atoms with Gasteiger partial charge in [0, 0.05) is 12.0 Å². The number of allylic oxidation sites excluding steroid dienone is 1. The monoisotopic (exact) mass is 228 g/mol. The summed E-state index contributed by atoms with van der Waals surface area (Å²) in [6.45, 7) is 2.09. The van der Waals surface area contributed by atoms with E-state index in [-0.39, 0.29) is 18.0 Å². The standard InChI is InChI=1S/C15H16O2/c1-10-7-8-12-14(17-10)9-13(16)15(12)11-5-3-2-4-6-11/h2-6,10,14H,7-9H2,1H3/t10-,14+/m1/s1. The SMILES string of the molecule is C[C@@H]1CCC2=C(c3ccccc3)C(=O)C[C@@H]2O1. The zero-order valence-corrected chi connectivity index (χ0v) is 9.98. The number of Topliss-reactive ketones (excluding diaryl/α,β-unsaturated/α-hetero) is 1. The first-order valence-corrected chi connectivity index (χ1v) is 6.23. The van der Waals surface area contributed by atoms with Crippen LogP contribution in [0.4, 0.5) is 0 Å². The quantitative estimate of drug-likeness (QED) is 0.738. The highest BCUT2D eigenvalue weighted by Crippen LogP contribution is 2.39. The second-order valence-electron chi connectivity index (χ2n) is 4.87. The maximum Gasteiger partial charge on any atom is 0.166 e. The van der Waals surface area contributed by atoms with Crippen LogP contribution in [0, 0.1) is 0 Å². The molecule has 0 saturated carbocycles.